The Labute approximate surface area is 347 Å². The van der Waals surface area contributed by atoms with Gasteiger partial charge in [0.2, 0.25) is 5.91 Å². The van der Waals surface area contributed by atoms with Crippen LogP contribution in [0.2, 0.25) is 0 Å². The molecule has 0 aliphatic carbocycles. The van der Waals surface area contributed by atoms with E-state index < -0.39 is 26.6 Å². The Kier molecular flexibility index (Phi) is 38.3. The molecule has 0 aromatic rings. The number of aliphatic hydroxyl groups excluding tert-OH is 1. The van der Waals surface area contributed by atoms with E-state index in [0.29, 0.717) is 17.4 Å². The van der Waals surface area contributed by atoms with Crippen LogP contribution in [0.25, 0.3) is 0 Å². The highest BCUT2D eigenvalue weighted by molar-refractivity contribution is 7.45. The molecule has 0 aromatic heterocycles. The number of nitrogens with zero attached hydrogens (tertiary/aromatic N) is 1. The fraction of sp³-hybridized carbons (Fsp3) is 0.851. The van der Waals surface area contributed by atoms with E-state index in [9.17, 15) is 19.4 Å². The van der Waals surface area contributed by atoms with Crippen molar-refractivity contribution < 1.29 is 32.9 Å². The number of amides is 1. The average Bonchev–Trinajstić information content (AvgIpc) is 3.15. The minimum atomic E-state index is -4.59. The number of carbonyl (C=O) groups is 1. The first-order valence-corrected chi connectivity index (χ1v) is 24.8. The molecule has 0 fully saturated rings. The van der Waals surface area contributed by atoms with E-state index in [1.54, 1.807) is 6.08 Å². The maximum atomic E-state index is 12.9. The van der Waals surface area contributed by atoms with Crippen LogP contribution in [0, 0.1) is 0 Å². The van der Waals surface area contributed by atoms with Crippen molar-refractivity contribution in [2.45, 2.75) is 219 Å². The first-order chi connectivity index (χ1) is 27.0. The van der Waals surface area contributed by atoms with E-state index in [1.165, 1.54) is 148 Å². The third-order valence-electron chi connectivity index (χ3n) is 10.3. The SMILES string of the molecule is CCCCCCCCCC/C=C/CC/C=C/C(O)C(COP(=O)([O-])OCC[N+](C)(C)C)NC(=O)CCCCCCCCC/C=C\CCCCCCCCCCC. The monoisotopic (exact) mass is 811 g/mol. The number of rotatable bonds is 42. The van der Waals surface area contributed by atoms with Crippen LogP contribution in [0.5, 0.6) is 0 Å². The van der Waals surface area contributed by atoms with Gasteiger partial charge in [0.05, 0.1) is 39.9 Å². The van der Waals surface area contributed by atoms with E-state index in [2.05, 4.69) is 43.5 Å². The van der Waals surface area contributed by atoms with E-state index in [1.807, 2.05) is 27.2 Å². The van der Waals surface area contributed by atoms with Crippen molar-refractivity contribution in [1.82, 2.24) is 5.32 Å². The topological polar surface area (TPSA) is 108 Å². The zero-order valence-corrected chi connectivity index (χ0v) is 38.2. The molecule has 330 valence electrons. The number of nitrogens with one attached hydrogen (secondary N) is 1. The first kappa shape index (κ1) is 54.7. The molecule has 0 saturated carbocycles. The Morgan fingerprint density at radius 1 is 0.607 bits per heavy atom. The Morgan fingerprint density at radius 2 is 1.00 bits per heavy atom. The number of hydrogen-bond donors (Lipinski definition) is 2. The molecule has 0 spiro atoms. The van der Waals surface area contributed by atoms with Crippen molar-refractivity contribution >= 4 is 13.7 Å². The van der Waals surface area contributed by atoms with Crippen LogP contribution >= 0.6 is 7.82 Å². The number of hydrogen-bond acceptors (Lipinski definition) is 6. The lowest BCUT2D eigenvalue weighted by Gasteiger charge is -2.29. The molecule has 0 radical (unpaired) electrons. The molecule has 1 amide bonds. The van der Waals surface area contributed by atoms with Gasteiger partial charge in [-0.25, -0.2) is 0 Å². The Hall–Kier alpha value is -1.28. The Bertz CT molecular complexity index is 1010. The van der Waals surface area contributed by atoms with Crippen molar-refractivity contribution in [2.24, 2.45) is 0 Å². The smallest absolute Gasteiger partial charge is 0.268 e. The summed E-state index contributed by atoms with van der Waals surface area (Å²) in [5.41, 5.74) is 0. The van der Waals surface area contributed by atoms with Crippen LogP contribution < -0.4 is 10.2 Å². The minimum absolute atomic E-state index is 0.00713. The lowest BCUT2D eigenvalue weighted by Crippen LogP contribution is -2.45. The summed E-state index contributed by atoms with van der Waals surface area (Å²) in [5, 5.41) is 13.8. The summed E-state index contributed by atoms with van der Waals surface area (Å²) in [5.74, 6) is -0.212. The third-order valence-corrected chi connectivity index (χ3v) is 11.3. The lowest BCUT2D eigenvalue weighted by atomic mass is 10.1. The number of carbonyl (C=O) groups excluding carboxylic acids is 1. The van der Waals surface area contributed by atoms with Crippen LogP contribution in [-0.4, -0.2) is 68.5 Å². The molecular formula is C47H91N2O6P. The van der Waals surface area contributed by atoms with Crippen LogP contribution in [0.4, 0.5) is 0 Å². The number of quaternary nitrogens is 1. The quantitative estimate of drug-likeness (QED) is 0.0275. The van der Waals surface area contributed by atoms with Crippen molar-refractivity contribution in [3.8, 4) is 0 Å². The van der Waals surface area contributed by atoms with Crippen molar-refractivity contribution in [3.63, 3.8) is 0 Å². The first-order valence-electron chi connectivity index (χ1n) is 23.4. The van der Waals surface area contributed by atoms with Gasteiger partial charge in [-0.2, -0.15) is 0 Å². The molecule has 3 atom stereocenters. The Balaban J connectivity index is 4.39. The second-order valence-electron chi connectivity index (χ2n) is 17.1. The maximum absolute atomic E-state index is 12.9. The summed E-state index contributed by atoms with van der Waals surface area (Å²) >= 11 is 0. The van der Waals surface area contributed by atoms with Crippen molar-refractivity contribution in [2.75, 3.05) is 40.9 Å². The highest BCUT2D eigenvalue weighted by atomic mass is 31.2. The molecule has 2 N–H and O–H groups in total. The molecule has 0 aliphatic heterocycles. The molecule has 0 heterocycles. The van der Waals surface area contributed by atoms with Crippen LogP contribution in [0.1, 0.15) is 206 Å². The number of likely N-dealkylation sites (N-methyl/N-ethyl adjacent to an activating group) is 1. The van der Waals surface area contributed by atoms with E-state index in [4.69, 9.17) is 9.05 Å². The number of aliphatic hydroxyl groups is 1. The van der Waals surface area contributed by atoms with E-state index >= 15 is 0 Å². The summed E-state index contributed by atoms with van der Waals surface area (Å²) in [6.45, 7) is 4.62. The van der Waals surface area contributed by atoms with Gasteiger partial charge in [0.15, 0.2) is 0 Å². The minimum Gasteiger partial charge on any atom is -0.756 e. The summed E-state index contributed by atoms with van der Waals surface area (Å²) in [6, 6.07) is -0.903. The van der Waals surface area contributed by atoms with Gasteiger partial charge in [0.25, 0.3) is 7.82 Å². The Morgan fingerprint density at radius 3 is 1.45 bits per heavy atom. The summed E-state index contributed by atoms with van der Waals surface area (Å²) < 4.78 is 23.2. The molecule has 0 saturated heterocycles. The predicted octanol–water partition coefficient (Wildman–Crippen LogP) is 12.5. The van der Waals surface area contributed by atoms with Crippen molar-refractivity contribution in [1.29, 1.82) is 0 Å². The fourth-order valence-electron chi connectivity index (χ4n) is 6.57. The van der Waals surface area contributed by atoms with Gasteiger partial charge in [0.1, 0.15) is 13.2 Å². The molecule has 56 heavy (non-hydrogen) atoms. The number of allylic oxidation sites excluding steroid dienone is 5. The predicted molar refractivity (Wildman–Crippen MR) is 238 cm³/mol. The fourth-order valence-corrected chi connectivity index (χ4v) is 7.30. The normalized spacial score (nSPS) is 14.6. The highest BCUT2D eigenvalue weighted by Crippen LogP contribution is 2.38. The van der Waals surface area contributed by atoms with Gasteiger partial charge < -0.3 is 28.8 Å². The van der Waals surface area contributed by atoms with Gasteiger partial charge in [-0.05, 0) is 57.8 Å². The molecule has 0 rings (SSSR count). The highest BCUT2D eigenvalue weighted by Gasteiger charge is 2.23. The molecule has 0 bridgehead atoms. The zero-order valence-electron chi connectivity index (χ0n) is 37.3. The second kappa shape index (κ2) is 39.2. The van der Waals surface area contributed by atoms with Crippen molar-refractivity contribution in [3.05, 3.63) is 36.5 Å². The van der Waals surface area contributed by atoms with Crippen LogP contribution in [0.15, 0.2) is 36.5 Å². The molecule has 0 aliphatic rings. The summed E-state index contributed by atoms with van der Waals surface area (Å²) in [6.07, 6.45) is 47.7. The van der Waals surface area contributed by atoms with E-state index in [-0.39, 0.29) is 12.5 Å². The largest absolute Gasteiger partial charge is 0.756 e. The lowest BCUT2D eigenvalue weighted by molar-refractivity contribution is -0.870. The standard InChI is InChI=1S/C47H91N2O6P/c1-6-8-10-12-14-16-18-20-22-23-24-25-26-27-29-31-33-35-37-39-41-47(51)48-45(44-55-56(52,53)54-43-42-49(3,4)5)46(50)40-38-36-34-32-30-28-21-19-17-15-13-11-9-7-2/h24-25,30,32,38,40,45-46,50H,6-23,26-29,31,33-37,39,41-44H2,1-5H3,(H-,48,51,52,53)/b25-24-,32-30+,40-38+. The molecule has 3 unspecified atom stereocenters. The second-order valence-corrected chi connectivity index (χ2v) is 18.5. The maximum Gasteiger partial charge on any atom is 0.268 e. The summed E-state index contributed by atoms with van der Waals surface area (Å²) in [7, 11) is 1.24. The van der Waals surface area contributed by atoms with Gasteiger partial charge >= 0.3 is 0 Å². The van der Waals surface area contributed by atoms with Crippen LogP contribution in [-0.2, 0) is 18.4 Å². The summed E-state index contributed by atoms with van der Waals surface area (Å²) in [4.78, 5) is 25.3. The van der Waals surface area contributed by atoms with E-state index in [0.717, 1.165) is 38.5 Å². The average molecular weight is 811 g/mol. The molecule has 9 heteroatoms. The number of phosphoric acid groups is 1. The van der Waals surface area contributed by atoms with Gasteiger partial charge in [-0.3, -0.25) is 9.36 Å². The number of unbranched alkanes of at least 4 members (excludes halogenated alkanes) is 25. The van der Waals surface area contributed by atoms with Crippen LogP contribution in [0.3, 0.4) is 0 Å². The molecule has 8 nitrogen and oxygen atoms in total. The third kappa shape index (κ3) is 40.9. The number of phosphoric ester groups is 1. The van der Waals surface area contributed by atoms with Gasteiger partial charge in [-0.1, -0.05) is 179 Å². The molecular weight excluding hydrogens is 719 g/mol. The van der Waals surface area contributed by atoms with Gasteiger partial charge in [0, 0.05) is 6.42 Å². The molecule has 0 aromatic carbocycles. The van der Waals surface area contributed by atoms with Gasteiger partial charge in [-0.15, -0.1) is 0 Å². The zero-order chi connectivity index (χ0) is 41.4.